The van der Waals surface area contributed by atoms with Gasteiger partial charge < -0.3 is 15.5 Å². The second-order valence-electron chi connectivity index (χ2n) is 9.93. The molecule has 0 atom stereocenters. The quantitative estimate of drug-likeness (QED) is 0.0145. The lowest BCUT2D eigenvalue weighted by Crippen LogP contribution is -2.12. The van der Waals surface area contributed by atoms with Crippen LogP contribution >= 0.6 is 12.0 Å². The van der Waals surface area contributed by atoms with Crippen molar-refractivity contribution in [3.63, 3.8) is 0 Å². The Labute approximate surface area is 302 Å². The summed E-state index contributed by atoms with van der Waals surface area (Å²) in [6.07, 6.45) is 0. The third-order valence-corrected chi connectivity index (χ3v) is 9.02. The van der Waals surface area contributed by atoms with Crippen molar-refractivity contribution in [3.8, 4) is 5.75 Å². The van der Waals surface area contributed by atoms with Crippen LogP contribution in [-0.2, 0) is 39.7 Å². The Bertz CT molecular complexity index is 2440. The number of nitrogens with zero attached hydrogens (tertiary/aromatic N) is 5. The van der Waals surface area contributed by atoms with Gasteiger partial charge in [-0.3, -0.25) is 19.1 Å². The molecule has 0 spiro atoms. The summed E-state index contributed by atoms with van der Waals surface area (Å²) in [7, 11) is -14.7. The average Bonchev–Trinajstić information content (AvgIpc) is 3.08. The van der Waals surface area contributed by atoms with Gasteiger partial charge in [-0.15, -0.1) is 14.6 Å². The molecule has 0 radical (unpaired) electrons. The Balaban J connectivity index is 1.78. The van der Waals surface area contributed by atoms with Crippen LogP contribution < -0.4 is 10.7 Å². The van der Waals surface area contributed by atoms with Crippen LogP contribution in [0.15, 0.2) is 119 Å². The highest BCUT2D eigenvalue weighted by Gasteiger charge is 2.24. The van der Waals surface area contributed by atoms with Gasteiger partial charge in [-0.2, -0.15) is 40.6 Å². The summed E-state index contributed by atoms with van der Waals surface area (Å²) in [5.41, 5.74) is 1.97. The molecule has 0 fully saturated rings. The summed E-state index contributed by atoms with van der Waals surface area (Å²) >= 11 is 0.488. The number of phenolic OH excluding ortho intramolecular Hbond substituents is 1. The number of benzene rings is 4. The maximum atomic E-state index is 11.9. The molecule has 4 rings (SSSR count). The number of carboxylic acid groups (broad SMARTS) is 1. The zero-order valence-corrected chi connectivity index (χ0v) is 29.2. The Kier molecular flexibility index (Phi) is 12.9. The number of anilines is 2. The molecule has 0 aliphatic carbocycles. The maximum absolute atomic E-state index is 11.9. The lowest BCUT2D eigenvalue weighted by Gasteiger charge is -2.09. The SMILES string of the molecule is O=C(O)c1ccc(SOOO)cc1N/N=C(\N=Nc1cc(S(=O)(=O)O)cc(S(=O)(=O)O)c1O)c1cccc(N=Nc2ccc(NCS(=O)(=O)O)cc2)c1. The first-order valence-electron chi connectivity index (χ1n) is 13.7. The van der Waals surface area contributed by atoms with Gasteiger partial charge in [-0.1, -0.05) is 17.2 Å². The molecule has 26 heteroatoms. The Morgan fingerprint density at radius 2 is 1.51 bits per heavy atom. The highest BCUT2D eigenvalue weighted by molar-refractivity contribution is 7.94. The van der Waals surface area contributed by atoms with E-state index in [1.165, 1.54) is 60.7 Å². The minimum absolute atomic E-state index is 0.0577. The number of carboxylic acids is 1. The fourth-order valence-electron chi connectivity index (χ4n) is 3.90. The van der Waals surface area contributed by atoms with E-state index in [1.54, 1.807) is 0 Å². The molecule has 0 aromatic heterocycles. The minimum Gasteiger partial charge on any atom is -0.504 e. The molecule has 280 valence electrons. The van der Waals surface area contributed by atoms with Crippen LogP contribution in [-0.4, -0.2) is 72.1 Å². The van der Waals surface area contributed by atoms with Crippen molar-refractivity contribution in [2.24, 2.45) is 25.6 Å². The van der Waals surface area contributed by atoms with Crippen LogP contribution in [0.25, 0.3) is 0 Å². The monoisotopic (exact) mass is 813 g/mol. The molecule has 0 heterocycles. The normalized spacial score (nSPS) is 12.7. The number of aromatic hydroxyl groups is 1. The number of amidine groups is 1. The van der Waals surface area contributed by atoms with Crippen LogP contribution in [0.5, 0.6) is 5.75 Å². The van der Waals surface area contributed by atoms with Crippen molar-refractivity contribution in [2.75, 3.05) is 16.6 Å². The average molecular weight is 814 g/mol. The number of azo groups is 2. The predicted molar refractivity (Wildman–Crippen MR) is 184 cm³/mol. The summed E-state index contributed by atoms with van der Waals surface area (Å²) in [6, 6.07) is 16.1. The first-order valence-corrected chi connectivity index (χ1v) is 19.0. The Morgan fingerprint density at radius 3 is 2.13 bits per heavy atom. The number of aromatic carboxylic acids is 1. The van der Waals surface area contributed by atoms with Gasteiger partial charge in [0.2, 0.25) is 5.84 Å². The zero-order valence-electron chi connectivity index (χ0n) is 25.9. The first kappa shape index (κ1) is 40.4. The van der Waals surface area contributed by atoms with Crippen molar-refractivity contribution in [2.45, 2.75) is 14.7 Å². The van der Waals surface area contributed by atoms with E-state index in [4.69, 9.17) is 9.81 Å². The number of hydrogen-bond donors (Lipinski definition) is 8. The molecule has 8 N–H and O–H groups in total. The third kappa shape index (κ3) is 11.8. The number of rotatable bonds is 15. The zero-order chi connectivity index (χ0) is 39.0. The van der Waals surface area contributed by atoms with E-state index in [0.29, 0.717) is 29.5 Å². The Hall–Kier alpha value is -5.42. The molecule has 0 aliphatic heterocycles. The number of phenols is 1. The summed E-state index contributed by atoms with van der Waals surface area (Å²) < 4.78 is 102. The molecule has 0 aliphatic rings. The highest BCUT2D eigenvalue weighted by Crippen LogP contribution is 2.37. The van der Waals surface area contributed by atoms with Crippen LogP contribution in [0.2, 0.25) is 0 Å². The van der Waals surface area contributed by atoms with Crippen molar-refractivity contribution in [1.82, 2.24) is 0 Å². The topological polar surface area (TPSA) is 345 Å². The lowest BCUT2D eigenvalue weighted by molar-refractivity contribution is -0.432. The van der Waals surface area contributed by atoms with E-state index in [2.05, 4.69) is 45.7 Å². The summed E-state index contributed by atoms with van der Waals surface area (Å²) in [5, 5.41) is 54.5. The van der Waals surface area contributed by atoms with E-state index in [0.717, 1.165) is 6.07 Å². The van der Waals surface area contributed by atoms with Gasteiger partial charge in [0, 0.05) is 16.1 Å². The van der Waals surface area contributed by atoms with Gasteiger partial charge in [-0.05, 0) is 66.7 Å². The van der Waals surface area contributed by atoms with Gasteiger partial charge in [0.25, 0.3) is 30.4 Å². The molecule has 53 heavy (non-hydrogen) atoms. The molecule has 4 aromatic rings. The van der Waals surface area contributed by atoms with Gasteiger partial charge in [0.1, 0.15) is 16.5 Å². The molecule has 0 bridgehead atoms. The van der Waals surface area contributed by atoms with E-state index >= 15 is 0 Å². The summed E-state index contributed by atoms with van der Waals surface area (Å²) in [4.78, 5) is 9.68. The van der Waals surface area contributed by atoms with E-state index in [9.17, 15) is 49.4 Å². The van der Waals surface area contributed by atoms with Crippen LogP contribution in [0.4, 0.5) is 28.4 Å². The number of hydrogen-bond acceptors (Lipinski definition) is 18. The molecule has 4 aromatic carbocycles. The molecule has 0 amide bonds. The molecule has 0 unspecified atom stereocenters. The Morgan fingerprint density at radius 1 is 0.811 bits per heavy atom. The number of carbonyl (C=O) groups is 1. The van der Waals surface area contributed by atoms with Gasteiger partial charge in [0.15, 0.2) is 5.75 Å². The smallest absolute Gasteiger partial charge is 0.337 e. The van der Waals surface area contributed by atoms with Gasteiger partial charge >= 0.3 is 5.97 Å². The maximum Gasteiger partial charge on any atom is 0.337 e. The summed E-state index contributed by atoms with van der Waals surface area (Å²) in [6.45, 7) is 0. The largest absolute Gasteiger partial charge is 0.504 e. The molecular weight excluding hydrogens is 791 g/mol. The number of hydrazone groups is 1. The highest BCUT2D eigenvalue weighted by atomic mass is 32.2. The van der Waals surface area contributed by atoms with E-state index in [-0.39, 0.29) is 33.5 Å². The van der Waals surface area contributed by atoms with E-state index in [1.807, 2.05) is 0 Å². The molecule has 0 saturated heterocycles. The number of nitrogens with one attached hydrogen (secondary N) is 2. The second-order valence-corrected chi connectivity index (χ2v) is 15.0. The summed E-state index contributed by atoms with van der Waals surface area (Å²) in [5.74, 6) is -3.83. The fraction of sp³-hybridized carbons (Fsp3) is 0.0370. The fourth-order valence-corrected chi connectivity index (χ4v) is 5.88. The molecule has 0 saturated carbocycles. The standard InChI is InChI=1S/C27H23N7O15S4/c35-25-23(12-20(52(42,43)44)13-24(25)53(45,46)47)32-34-26(33-31-22-11-19(50-49-48-38)8-9-21(22)27(36)37)15-2-1-3-18(10-15)30-29-17-6-4-16(5-7-17)28-14-51(39,40)41/h1-13,28,31,35,38H,14H2,(H,36,37)(H,39,40,41)(H,42,43,44)(H,45,46,47)/b30-29?,33-26-,34-32?. The van der Waals surface area contributed by atoms with Crippen molar-refractivity contribution in [3.05, 3.63) is 90.0 Å². The van der Waals surface area contributed by atoms with Crippen molar-refractivity contribution >= 4 is 82.6 Å². The lowest BCUT2D eigenvalue weighted by atomic mass is 10.2. The van der Waals surface area contributed by atoms with Crippen LogP contribution in [0, 0.1) is 0 Å². The molecular formula is C27H23N7O15S4. The van der Waals surface area contributed by atoms with Crippen LogP contribution in [0.1, 0.15) is 15.9 Å². The van der Waals surface area contributed by atoms with Crippen molar-refractivity contribution < 1.29 is 68.5 Å². The minimum atomic E-state index is -5.27. The van der Waals surface area contributed by atoms with Crippen molar-refractivity contribution in [1.29, 1.82) is 0 Å². The van der Waals surface area contributed by atoms with E-state index < -0.39 is 69.3 Å². The third-order valence-electron chi connectivity index (χ3n) is 6.23. The predicted octanol–water partition coefficient (Wildman–Crippen LogP) is 5.24. The second kappa shape index (κ2) is 16.9. The van der Waals surface area contributed by atoms with Gasteiger partial charge in [-0.25, -0.2) is 10.1 Å². The van der Waals surface area contributed by atoms with Crippen LogP contribution in [0.3, 0.4) is 0 Å². The first-order chi connectivity index (χ1) is 24.8. The molecule has 22 nitrogen and oxygen atoms in total. The van der Waals surface area contributed by atoms with Gasteiger partial charge in [0.05, 0.1) is 39.6 Å².